The molecule has 4 heteroatoms. The summed E-state index contributed by atoms with van der Waals surface area (Å²) in [4.78, 5) is 23.0. The third-order valence-corrected chi connectivity index (χ3v) is 4.94. The van der Waals surface area contributed by atoms with E-state index in [0.717, 1.165) is 11.3 Å². The topological polar surface area (TPSA) is 46.1 Å². The van der Waals surface area contributed by atoms with Crippen molar-refractivity contribution in [3.63, 3.8) is 0 Å². The SMILES string of the molecule is CC(C)c1ccccc1-c1cccc(C(=O)N(C)C(C)c2ccncn2)c1. The molecule has 1 aromatic heterocycles. The Morgan fingerprint density at radius 1 is 1.00 bits per heavy atom. The van der Waals surface area contributed by atoms with Gasteiger partial charge in [-0.05, 0) is 47.7 Å². The van der Waals surface area contributed by atoms with E-state index >= 15 is 0 Å². The molecule has 1 atom stereocenters. The van der Waals surface area contributed by atoms with Gasteiger partial charge in [-0.2, -0.15) is 0 Å². The molecule has 1 unspecified atom stereocenters. The van der Waals surface area contributed by atoms with E-state index in [9.17, 15) is 4.79 Å². The molecule has 3 rings (SSSR count). The van der Waals surface area contributed by atoms with Crippen LogP contribution < -0.4 is 0 Å². The van der Waals surface area contributed by atoms with Gasteiger partial charge in [0.05, 0.1) is 11.7 Å². The Balaban J connectivity index is 1.91. The van der Waals surface area contributed by atoms with E-state index in [4.69, 9.17) is 0 Å². The Labute approximate surface area is 160 Å². The number of amides is 1. The fourth-order valence-corrected chi connectivity index (χ4v) is 3.21. The molecule has 0 saturated carbocycles. The van der Waals surface area contributed by atoms with Crippen LogP contribution in [0.15, 0.2) is 67.1 Å². The summed E-state index contributed by atoms with van der Waals surface area (Å²) < 4.78 is 0. The summed E-state index contributed by atoms with van der Waals surface area (Å²) in [5.41, 5.74) is 5.02. The zero-order valence-electron chi connectivity index (χ0n) is 16.3. The van der Waals surface area contributed by atoms with Gasteiger partial charge in [-0.15, -0.1) is 0 Å². The van der Waals surface area contributed by atoms with Crippen LogP contribution in [0.4, 0.5) is 0 Å². The van der Waals surface area contributed by atoms with E-state index in [1.54, 1.807) is 11.1 Å². The first-order valence-electron chi connectivity index (χ1n) is 9.21. The molecule has 0 fully saturated rings. The molecule has 27 heavy (non-hydrogen) atoms. The van der Waals surface area contributed by atoms with Crippen LogP contribution in [0.2, 0.25) is 0 Å². The van der Waals surface area contributed by atoms with Crippen molar-refractivity contribution in [2.75, 3.05) is 7.05 Å². The van der Waals surface area contributed by atoms with E-state index in [2.05, 4.69) is 48.1 Å². The average Bonchev–Trinajstić information content (AvgIpc) is 2.72. The smallest absolute Gasteiger partial charge is 0.254 e. The second-order valence-electron chi connectivity index (χ2n) is 7.05. The molecule has 0 aliphatic heterocycles. The predicted octanol–water partition coefficient (Wildman–Crippen LogP) is 5.10. The van der Waals surface area contributed by atoms with Crippen LogP contribution in [0.1, 0.15) is 54.3 Å². The number of hydrogen-bond acceptors (Lipinski definition) is 3. The predicted molar refractivity (Wildman–Crippen MR) is 109 cm³/mol. The highest BCUT2D eigenvalue weighted by molar-refractivity contribution is 5.95. The number of benzene rings is 2. The molecular formula is C23H25N3O. The summed E-state index contributed by atoms with van der Waals surface area (Å²) in [5.74, 6) is 0.394. The van der Waals surface area contributed by atoms with Crippen LogP contribution in [0, 0.1) is 0 Å². The molecule has 0 N–H and O–H groups in total. The second kappa shape index (κ2) is 8.12. The van der Waals surface area contributed by atoms with Gasteiger partial charge < -0.3 is 4.90 Å². The molecule has 0 aliphatic rings. The summed E-state index contributed by atoms with van der Waals surface area (Å²) >= 11 is 0. The van der Waals surface area contributed by atoms with Gasteiger partial charge in [0.2, 0.25) is 0 Å². The number of carbonyl (C=O) groups is 1. The Hall–Kier alpha value is -3.01. The molecular weight excluding hydrogens is 334 g/mol. The lowest BCUT2D eigenvalue weighted by Crippen LogP contribution is -2.30. The summed E-state index contributed by atoms with van der Waals surface area (Å²) in [6, 6.07) is 17.9. The highest BCUT2D eigenvalue weighted by atomic mass is 16.2. The molecule has 2 aromatic carbocycles. The fourth-order valence-electron chi connectivity index (χ4n) is 3.21. The number of hydrogen-bond donors (Lipinski definition) is 0. The quantitative estimate of drug-likeness (QED) is 0.637. The third-order valence-electron chi connectivity index (χ3n) is 4.94. The molecule has 1 amide bonds. The van der Waals surface area contributed by atoms with Crippen LogP contribution in [-0.2, 0) is 0 Å². The van der Waals surface area contributed by atoms with Crippen molar-refractivity contribution in [3.05, 3.63) is 83.9 Å². The maximum absolute atomic E-state index is 13.0. The van der Waals surface area contributed by atoms with Gasteiger partial charge in [0.25, 0.3) is 5.91 Å². The van der Waals surface area contributed by atoms with Crippen molar-refractivity contribution >= 4 is 5.91 Å². The van der Waals surface area contributed by atoms with Gasteiger partial charge in [0.15, 0.2) is 0 Å². The molecule has 1 heterocycles. The van der Waals surface area contributed by atoms with Crippen LogP contribution >= 0.6 is 0 Å². The minimum absolute atomic E-state index is 0.0232. The molecule has 0 saturated heterocycles. The van der Waals surface area contributed by atoms with Gasteiger partial charge in [0, 0.05) is 18.8 Å². The Kier molecular flexibility index (Phi) is 5.65. The standard InChI is InChI=1S/C23H25N3O/c1-16(2)20-10-5-6-11-21(20)18-8-7-9-19(14-18)23(27)26(4)17(3)22-12-13-24-15-25-22/h5-17H,1-4H3. The number of rotatable bonds is 5. The van der Waals surface area contributed by atoms with Crippen molar-refractivity contribution in [2.24, 2.45) is 0 Å². The van der Waals surface area contributed by atoms with Gasteiger partial charge in [-0.1, -0.05) is 50.2 Å². The van der Waals surface area contributed by atoms with E-state index in [-0.39, 0.29) is 11.9 Å². The van der Waals surface area contributed by atoms with E-state index in [0.29, 0.717) is 11.5 Å². The average molecular weight is 359 g/mol. The Morgan fingerprint density at radius 3 is 2.48 bits per heavy atom. The number of carbonyl (C=O) groups excluding carboxylic acids is 1. The molecule has 0 spiro atoms. The monoisotopic (exact) mass is 359 g/mol. The molecule has 0 bridgehead atoms. The third kappa shape index (κ3) is 4.05. The van der Waals surface area contributed by atoms with E-state index in [1.807, 2.05) is 44.3 Å². The first kappa shape index (κ1) is 18.8. The van der Waals surface area contributed by atoms with Crippen molar-refractivity contribution in [2.45, 2.75) is 32.7 Å². The first-order chi connectivity index (χ1) is 13.0. The minimum atomic E-state index is -0.132. The van der Waals surface area contributed by atoms with Crippen LogP contribution in [0.25, 0.3) is 11.1 Å². The maximum atomic E-state index is 13.0. The zero-order valence-corrected chi connectivity index (χ0v) is 16.3. The van der Waals surface area contributed by atoms with Crippen LogP contribution in [0.5, 0.6) is 0 Å². The summed E-state index contributed by atoms with van der Waals surface area (Å²) in [5, 5.41) is 0. The minimum Gasteiger partial charge on any atom is -0.333 e. The Morgan fingerprint density at radius 2 is 1.78 bits per heavy atom. The normalized spacial score (nSPS) is 12.0. The first-order valence-corrected chi connectivity index (χ1v) is 9.21. The lowest BCUT2D eigenvalue weighted by molar-refractivity contribution is 0.0739. The maximum Gasteiger partial charge on any atom is 0.254 e. The van der Waals surface area contributed by atoms with Gasteiger partial charge in [0.1, 0.15) is 6.33 Å². The van der Waals surface area contributed by atoms with Crippen LogP contribution in [-0.4, -0.2) is 27.8 Å². The van der Waals surface area contributed by atoms with Gasteiger partial charge in [-0.25, -0.2) is 9.97 Å². The lowest BCUT2D eigenvalue weighted by Gasteiger charge is -2.24. The number of aromatic nitrogens is 2. The van der Waals surface area contributed by atoms with Crippen molar-refractivity contribution in [1.82, 2.24) is 14.9 Å². The van der Waals surface area contributed by atoms with E-state index in [1.165, 1.54) is 17.5 Å². The van der Waals surface area contributed by atoms with Crippen molar-refractivity contribution < 1.29 is 4.79 Å². The highest BCUT2D eigenvalue weighted by Gasteiger charge is 2.20. The van der Waals surface area contributed by atoms with Crippen molar-refractivity contribution in [3.8, 4) is 11.1 Å². The molecule has 3 aromatic rings. The summed E-state index contributed by atoms with van der Waals surface area (Å²) in [6.45, 7) is 6.34. The number of nitrogens with zero attached hydrogens (tertiary/aromatic N) is 3. The largest absolute Gasteiger partial charge is 0.333 e. The molecule has 138 valence electrons. The second-order valence-corrected chi connectivity index (χ2v) is 7.05. The Bertz CT molecular complexity index is 922. The lowest BCUT2D eigenvalue weighted by atomic mass is 9.92. The van der Waals surface area contributed by atoms with E-state index < -0.39 is 0 Å². The fraction of sp³-hybridized carbons (Fsp3) is 0.261. The molecule has 0 aliphatic carbocycles. The van der Waals surface area contributed by atoms with Crippen molar-refractivity contribution in [1.29, 1.82) is 0 Å². The summed E-state index contributed by atoms with van der Waals surface area (Å²) in [7, 11) is 1.81. The molecule has 0 radical (unpaired) electrons. The summed E-state index contributed by atoms with van der Waals surface area (Å²) in [6.07, 6.45) is 3.20. The molecule has 4 nitrogen and oxygen atoms in total. The van der Waals surface area contributed by atoms with Gasteiger partial charge >= 0.3 is 0 Å². The van der Waals surface area contributed by atoms with Gasteiger partial charge in [-0.3, -0.25) is 4.79 Å². The van der Waals surface area contributed by atoms with Crippen LogP contribution in [0.3, 0.4) is 0 Å². The highest BCUT2D eigenvalue weighted by Crippen LogP contribution is 2.30. The zero-order chi connectivity index (χ0) is 19.4.